The van der Waals surface area contributed by atoms with E-state index in [4.69, 9.17) is 5.73 Å². The van der Waals surface area contributed by atoms with Crippen LogP contribution in [0.1, 0.15) is 42.9 Å². The maximum absolute atomic E-state index is 9.60. The van der Waals surface area contributed by atoms with E-state index < -0.39 is 0 Å². The van der Waals surface area contributed by atoms with Crippen LogP contribution >= 0.6 is 11.3 Å². The number of hydrogen-bond donors (Lipinski definition) is 3. The van der Waals surface area contributed by atoms with Gasteiger partial charge in [-0.05, 0) is 44.2 Å². The summed E-state index contributed by atoms with van der Waals surface area (Å²) in [5, 5.41) is 14.4. The Labute approximate surface area is 140 Å². The SMILES string of the molecule is N[C@H]1CC[C@H](NC2CC2c2cnc(-c3cccc(O)c3)s2)CC1. The zero-order chi connectivity index (χ0) is 15.8. The van der Waals surface area contributed by atoms with Crippen molar-refractivity contribution in [3.05, 3.63) is 35.3 Å². The molecule has 2 saturated carbocycles. The highest BCUT2D eigenvalue weighted by Crippen LogP contribution is 2.45. The van der Waals surface area contributed by atoms with E-state index >= 15 is 0 Å². The van der Waals surface area contributed by atoms with Crippen molar-refractivity contribution in [2.45, 2.75) is 56.1 Å². The average Bonchev–Trinajstić information content (AvgIpc) is 3.13. The molecule has 4 rings (SSSR count). The molecule has 23 heavy (non-hydrogen) atoms. The molecule has 0 bridgehead atoms. The molecule has 4 N–H and O–H groups in total. The number of nitrogens with two attached hydrogens (primary N) is 1. The topological polar surface area (TPSA) is 71.2 Å². The molecule has 0 radical (unpaired) electrons. The zero-order valence-electron chi connectivity index (χ0n) is 13.1. The van der Waals surface area contributed by atoms with E-state index in [1.807, 2.05) is 18.3 Å². The summed E-state index contributed by atoms with van der Waals surface area (Å²) in [5.74, 6) is 0.898. The molecule has 2 unspecified atom stereocenters. The van der Waals surface area contributed by atoms with Crippen molar-refractivity contribution >= 4 is 11.3 Å². The fourth-order valence-electron chi connectivity index (χ4n) is 3.51. The minimum Gasteiger partial charge on any atom is -0.508 e. The molecule has 5 heteroatoms. The molecule has 4 nitrogen and oxygen atoms in total. The lowest BCUT2D eigenvalue weighted by molar-refractivity contribution is 0.340. The van der Waals surface area contributed by atoms with E-state index in [1.165, 1.54) is 24.1 Å². The van der Waals surface area contributed by atoms with Crippen LogP contribution in [0.3, 0.4) is 0 Å². The number of thiazole rings is 1. The first-order valence-electron chi connectivity index (χ1n) is 8.46. The molecule has 122 valence electrons. The first kappa shape index (κ1) is 15.1. The molecule has 1 aromatic heterocycles. The third-order valence-corrected chi connectivity index (χ3v) is 6.17. The lowest BCUT2D eigenvalue weighted by Crippen LogP contribution is -2.38. The minimum absolute atomic E-state index is 0.292. The Bertz CT molecular complexity index is 678. The highest BCUT2D eigenvalue weighted by atomic mass is 32.1. The third kappa shape index (κ3) is 3.42. The fraction of sp³-hybridized carbons (Fsp3) is 0.500. The smallest absolute Gasteiger partial charge is 0.123 e. The van der Waals surface area contributed by atoms with E-state index in [1.54, 1.807) is 23.5 Å². The Morgan fingerprint density at radius 2 is 2.04 bits per heavy atom. The number of aromatic nitrogens is 1. The van der Waals surface area contributed by atoms with Gasteiger partial charge in [-0.25, -0.2) is 4.98 Å². The number of benzene rings is 1. The summed E-state index contributed by atoms with van der Waals surface area (Å²) in [6.45, 7) is 0. The Morgan fingerprint density at radius 3 is 2.83 bits per heavy atom. The van der Waals surface area contributed by atoms with Gasteiger partial charge in [0.05, 0.1) is 0 Å². The van der Waals surface area contributed by atoms with Crippen molar-refractivity contribution in [3.8, 4) is 16.3 Å². The summed E-state index contributed by atoms with van der Waals surface area (Å²) in [7, 11) is 0. The average molecular weight is 329 g/mol. The molecule has 0 spiro atoms. The molecular weight excluding hydrogens is 306 g/mol. The second-order valence-electron chi connectivity index (χ2n) is 6.85. The van der Waals surface area contributed by atoms with Crippen LogP contribution in [-0.2, 0) is 0 Å². The van der Waals surface area contributed by atoms with Gasteiger partial charge in [0, 0.05) is 40.7 Å². The second-order valence-corrected chi connectivity index (χ2v) is 7.91. The Morgan fingerprint density at radius 1 is 1.22 bits per heavy atom. The maximum Gasteiger partial charge on any atom is 0.123 e. The molecule has 1 heterocycles. The van der Waals surface area contributed by atoms with Crippen LogP contribution < -0.4 is 11.1 Å². The number of nitrogens with zero attached hydrogens (tertiary/aromatic N) is 1. The van der Waals surface area contributed by atoms with Crippen LogP contribution in [0.25, 0.3) is 10.6 Å². The largest absolute Gasteiger partial charge is 0.508 e. The van der Waals surface area contributed by atoms with Crippen LogP contribution in [0, 0.1) is 0 Å². The monoisotopic (exact) mass is 329 g/mol. The van der Waals surface area contributed by atoms with E-state index in [2.05, 4.69) is 10.3 Å². The zero-order valence-corrected chi connectivity index (χ0v) is 13.9. The van der Waals surface area contributed by atoms with Crippen molar-refractivity contribution in [3.63, 3.8) is 0 Å². The first-order chi connectivity index (χ1) is 11.2. The molecule has 2 atom stereocenters. The van der Waals surface area contributed by atoms with Crippen molar-refractivity contribution in [1.82, 2.24) is 10.3 Å². The van der Waals surface area contributed by atoms with Crippen LogP contribution in [-0.4, -0.2) is 28.2 Å². The van der Waals surface area contributed by atoms with Gasteiger partial charge in [0.1, 0.15) is 10.8 Å². The molecule has 2 aliphatic carbocycles. The lowest BCUT2D eigenvalue weighted by atomic mass is 9.92. The molecule has 2 aromatic rings. The van der Waals surface area contributed by atoms with Gasteiger partial charge in [-0.15, -0.1) is 11.3 Å². The Kier molecular flexibility index (Phi) is 4.09. The minimum atomic E-state index is 0.292. The van der Waals surface area contributed by atoms with E-state index in [9.17, 15) is 5.11 Å². The van der Waals surface area contributed by atoms with E-state index in [0.717, 1.165) is 23.4 Å². The number of phenols is 1. The van der Waals surface area contributed by atoms with Crippen LogP contribution in [0.15, 0.2) is 30.5 Å². The van der Waals surface area contributed by atoms with Crippen molar-refractivity contribution < 1.29 is 5.11 Å². The number of rotatable bonds is 4. The number of nitrogens with one attached hydrogen (secondary N) is 1. The lowest BCUT2D eigenvalue weighted by Gasteiger charge is -2.27. The van der Waals surface area contributed by atoms with Gasteiger partial charge in [0.2, 0.25) is 0 Å². The van der Waals surface area contributed by atoms with Crippen molar-refractivity contribution in [2.24, 2.45) is 5.73 Å². The van der Waals surface area contributed by atoms with Gasteiger partial charge in [0.25, 0.3) is 0 Å². The predicted molar refractivity (Wildman–Crippen MR) is 93.7 cm³/mol. The Balaban J connectivity index is 1.37. The first-order valence-corrected chi connectivity index (χ1v) is 9.27. The molecule has 1 aromatic carbocycles. The summed E-state index contributed by atoms with van der Waals surface area (Å²) in [6.07, 6.45) is 7.94. The second kappa shape index (κ2) is 6.23. The van der Waals surface area contributed by atoms with Crippen LogP contribution in [0.4, 0.5) is 0 Å². The molecule has 2 fully saturated rings. The number of phenolic OH excluding ortho intramolecular Hbond substituents is 1. The van der Waals surface area contributed by atoms with E-state index in [0.29, 0.717) is 29.8 Å². The molecule has 0 aliphatic heterocycles. The highest BCUT2D eigenvalue weighted by Gasteiger charge is 2.41. The quantitative estimate of drug-likeness (QED) is 0.805. The van der Waals surface area contributed by atoms with Crippen molar-refractivity contribution in [1.29, 1.82) is 0 Å². The van der Waals surface area contributed by atoms with Crippen molar-refractivity contribution in [2.75, 3.05) is 0 Å². The summed E-state index contributed by atoms with van der Waals surface area (Å²) in [5.41, 5.74) is 6.97. The molecule has 0 amide bonds. The van der Waals surface area contributed by atoms with Gasteiger partial charge in [-0.1, -0.05) is 12.1 Å². The molecule has 2 aliphatic rings. The van der Waals surface area contributed by atoms with Gasteiger partial charge in [-0.2, -0.15) is 0 Å². The standard InChI is InChI=1S/C18H23N3OS/c19-12-4-6-13(7-5-12)21-16-9-15(16)17-10-20-18(23-17)11-2-1-3-14(22)8-11/h1-3,8,10,12-13,15-16,21-22H,4-7,9,19H2/t12-,13-,15?,16?. The van der Waals surface area contributed by atoms with Crippen LogP contribution in [0.2, 0.25) is 0 Å². The summed E-state index contributed by atoms with van der Waals surface area (Å²) >= 11 is 1.75. The number of aromatic hydroxyl groups is 1. The molecule has 0 saturated heterocycles. The van der Waals surface area contributed by atoms with Gasteiger partial charge in [0.15, 0.2) is 0 Å². The highest BCUT2D eigenvalue weighted by molar-refractivity contribution is 7.15. The van der Waals surface area contributed by atoms with E-state index in [-0.39, 0.29) is 0 Å². The summed E-state index contributed by atoms with van der Waals surface area (Å²) in [6, 6.07) is 8.98. The number of hydrogen-bond acceptors (Lipinski definition) is 5. The van der Waals surface area contributed by atoms with Crippen LogP contribution in [0.5, 0.6) is 5.75 Å². The predicted octanol–water partition coefficient (Wildman–Crippen LogP) is 3.23. The Hall–Kier alpha value is -1.43. The molecular formula is C18H23N3OS. The van der Waals surface area contributed by atoms with Gasteiger partial charge in [-0.3, -0.25) is 0 Å². The summed E-state index contributed by atoms with van der Waals surface area (Å²) < 4.78 is 0. The van der Waals surface area contributed by atoms with Gasteiger partial charge >= 0.3 is 0 Å². The maximum atomic E-state index is 9.60. The van der Waals surface area contributed by atoms with Gasteiger partial charge < -0.3 is 16.2 Å². The normalized spacial score (nSPS) is 30.3. The third-order valence-electron chi connectivity index (χ3n) is 4.99. The summed E-state index contributed by atoms with van der Waals surface area (Å²) in [4.78, 5) is 5.90. The fourth-order valence-corrected chi connectivity index (χ4v) is 4.60.